The molecule has 0 atom stereocenters. The smallest absolute Gasteiger partial charge is 0.153 e. The molecule has 0 aliphatic rings. The van der Waals surface area contributed by atoms with Crippen LogP contribution in [0.25, 0.3) is 11.0 Å². The van der Waals surface area contributed by atoms with Gasteiger partial charge in [0.05, 0.1) is 5.52 Å². The van der Waals surface area contributed by atoms with Crippen LogP contribution in [-0.4, -0.2) is 16.5 Å². The van der Waals surface area contributed by atoms with Crippen molar-refractivity contribution in [2.75, 3.05) is 6.54 Å². The van der Waals surface area contributed by atoms with E-state index in [0.717, 1.165) is 18.9 Å². The summed E-state index contributed by atoms with van der Waals surface area (Å²) in [5.74, 6) is -0.535. The number of benzene rings is 1. The topological polar surface area (TPSA) is 54.7 Å². The molecular weight excluding hydrogens is 248 g/mol. The summed E-state index contributed by atoms with van der Waals surface area (Å²) in [4.78, 5) is 7.16. The Kier molecular flexibility index (Phi) is 3.85. The number of halogens is 2. The Labute approximate surface area is 111 Å². The summed E-state index contributed by atoms with van der Waals surface area (Å²) < 4.78 is 26.6. The zero-order valence-electron chi connectivity index (χ0n) is 11.3. The average Bonchev–Trinajstić information content (AvgIpc) is 2.70. The molecule has 5 heteroatoms. The largest absolute Gasteiger partial charge is 0.342 e. The Morgan fingerprint density at radius 3 is 2.68 bits per heavy atom. The molecular formula is C14H19F2N3. The van der Waals surface area contributed by atoms with E-state index in [1.165, 1.54) is 6.07 Å². The lowest BCUT2D eigenvalue weighted by Crippen LogP contribution is -2.18. The van der Waals surface area contributed by atoms with Crippen molar-refractivity contribution in [2.24, 2.45) is 11.1 Å². The fourth-order valence-corrected chi connectivity index (χ4v) is 2.18. The van der Waals surface area contributed by atoms with Gasteiger partial charge in [0.25, 0.3) is 0 Å². The maximum atomic E-state index is 13.5. The van der Waals surface area contributed by atoms with Gasteiger partial charge >= 0.3 is 0 Å². The number of aromatic amines is 1. The van der Waals surface area contributed by atoms with E-state index in [2.05, 4.69) is 23.8 Å². The van der Waals surface area contributed by atoms with Gasteiger partial charge in [0.1, 0.15) is 17.2 Å². The van der Waals surface area contributed by atoms with Gasteiger partial charge in [-0.05, 0) is 30.9 Å². The lowest BCUT2D eigenvalue weighted by atomic mass is 9.84. The van der Waals surface area contributed by atoms with Crippen LogP contribution in [0.1, 0.15) is 32.5 Å². The van der Waals surface area contributed by atoms with E-state index in [4.69, 9.17) is 5.73 Å². The predicted molar refractivity (Wildman–Crippen MR) is 71.8 cm³/mol. The number of fused-ring (bicyclic) bond motifs is 1. The van der Waals surface area contributed by atoms with Gasteiger partial charge in [-0.15, -0.1) is 0 Å². The first-order valence-corrected chi connectivity index (χ1v) is 6.45. The van der Waals surface area contributed by atoms with Crippen LogP contribution in [0, 0.1) is 17.0 Å². The second-order valence-corrected chi connectivity index (χ2v) is 5.67. The lowest BCUT2D eigenvalue weighted by Gasteiger charge is -2.22. The highest BCUT2D eigenvalue weighted by molar-refractivity contribution is 5.75. The van der Waals surface area contributed by atoms with E-state index in [0.29, 0.717) is 24.3 Å². The monoisotopic (exact) mass is 267 g/mol. The molecule has 1 aromatic heterocycles. The van der Waals surface area contributed by atoms with Gasteiger partial charge in [0.2, 0.25) is 0 Å². The molecule has 0 aliphatic heterocycles. The van der Waals surface area contributed by atoms with Crippen LogP contribution in [0.3, 0.4) is 0 Å². The van der Waals surface area contributed by atoms with Crippen molar-refractivity contribution >= 4 is 11.0 Å². The molecule has 0 aliphatic carbocycles. The maximum absolute atomic E-state index is 13.5. The highest BCUT2D eigenvalue weighted by atomic mass is 19.1. The normalized spacial score (nSPS) is 12.3. The van der Waals surface area contributed by atoms with Crippen LogP contribution >= 0.6 is 0 Å². The van der Waals surface area contributed by atoms with Crippen molar-refractivity contribution in [1.82, 2.24) is 9.97 Å². The standard InChI is InChI=1S/C14H19F2N3/c1-14(2,5-6-17)4-3-12-18-11-8-9(15)7-10(16)13(11)19-12/h7-8H,3-6,17H2,1-2H3,(H,18,19). The maximum Gasteiger partial charge on any atom is 0.153 e. The molecule has 19 heavy (non-hydrogen) atoms. The number of hydrogen-bond acceptors (Lipinski definition) is 2. The molecule has 2 rings (SSSR count). The lowest BCUT2D eigenvalue weighted by molar-refractivity contribution is 0.311. The van der Waals surface area contributed by atoms with Crippen molar-refractivity contribution in [3.8, 4) is 0 Å². The summed E-state index contributed by atoms with van der Waals surface area (Å²) in [5, 5.41) is 0. The number of aryl methyl sites for hydroxylation is 1. The Morgan fingerprint density at radius 2 is 2.00 bits per heavy atom. The number of hydrogen-bond donors (Lipinski definition) is 2. The Balaban J connectivity index is 2.16. The molecule has 3 nitrogen and oxygen atoms in total. The van der Waals surface area contributed by atoms with Crippen molar-refractivity contribution in [1.29, 1.82) is 0 Å². The summed E-state index contributed by atoms with van der Waals surface area (Å²) in [7, 11) is 0. The van der Waals surface area contributed by atoms with Gasteiger partial charge < -0.3 is 10.7 Å². The SMILES string of the molecule is CC(C)(CCN)CCc1nc2c(F)cc(F)cc2[nH]1. The molecule has 0 saturated carbocycles. The van der Waals surface area contributed by atoms with Crippen LogP contribution in [-0.2, 0) is 6.42 Å². The third kappa shape index (κ3) is 3.29. The molecule has 3 N–H and O–H groups in total. The van der Waals surface area contributed by atoms with E-state index in [9.17, 15) is 8.78 Å². The molecule has 0 amide bonds. The Hall–Kier alpha value is -1.49. The average molecular weight is 267 g/mol. The molecule has 0 radical (unpaired) electrons. The first kappa shape index (κ1) is 13.9. The predicted octanol–water partition coefficient (Wildman–Crippen LogP) is 3.15. The fraction of sp³-hybridized carbons (Fsp3) is 0.500. The van der Waals surface area contributed by atoms with E-state index < -0.39 is 11.6 Å². The van der Waals surface area contributed by atoms with Crippen LogP contribution in [0.4, 0.5) is 8.78 Å². The summed E-state index contributed by atoms with van der Waals surface area (Å²) in [6.07, 6.45) is 2.52. The number of H-pyrrole nitrogens is 1. The molecule has 0 saturated heterocycles. The summed E-state index contributed by atoms with van der Waals surface area (Å²) in [6.45, 7) is 4.93. The van der Waals surface area contributed by atoms with Crippen molar-refractivity contribution in [3.05, 3.63) is 29.6 Å². The van der Waals surface area contributed by atoms with Gasteiger partial charge in [-0.25, -0.2) is 13.8 Å². The number of aromatic nitrogens is 2. The number of nitrogens with one attached hydrogen (secondary N) is 1. The van der Waals surface area contributed by atoms with Gasteiger partial charge in [-0.1, -0.05) is 13.8 Å². The van der Waals surface area contributed by atoms with Crippen molar-refractivity contribution in [3.63, 3.8) is 0 Å². The molecule has 2 aromatic rings. The van der Waals surface area contributed by atoms with Crippen LogP contribution < -0.4 is 5.73 Å². The summed E-state index contributed by atoms with van der Waals surface area (Å²) >= 11 is 0. The molecule has 1 aromatic carbocycles. The van der Waals surface area contributed by atoms with Gasteiger partial charge in [0.15, 0.2) is 5.82 Å². The van der Waals surface area contributed by atoms with E-state index in [1.807, 2.05) is 0 Å². The number of rotatable bonds is 5. The minimum absolute atomic E-state index is 0.123. The highest BCUT2D eigenvalue weighted by Crippen LogP contribution is 2.26. The molecule has 0 unspecified atom stereocenters. The quantitative estimate of drug-likeness (QED) is 0.874. The van der Waals surface area contributed by atoms with Gasteiger partial charge in [-0.2, -0.15) is 0 Å². The van der Waals surface area contributed by atoms with Crippen molar-refractivity contribution in [2.45, 2.75) is 33.1 Å². The molecule has 1 heterocycles. The number of nitrogens with two attached hydrogens (primary N) is 1. The summed E-state index contributed by atoms with van der Waals surface area (Å²) in [5.41, 5.74) is 6.30. The first-order chi connectivity index (χ1) is 8.91. The van der Waals surface area contributed by atoms with Gasteiger partial charge in [-0.3, -0.25) is 0 Å². The van der Waals surface area contributed by atoms with E-state index >= 15 is 0 Å². The minimum Gasteiger partial charge on any atom is -0.342 e. The summed E-state index contributed by atoms with van der Waals surface area (Å²) in [6, 6.07) is 2.12. The van der Waals surface area contributed by atoms with Crippen molar-refractivity contribution < 1.29 is 8.78 Å². The minimum atomic E-state index is -0.626. The third-order valence-electron chi connectivity index (χ3n) is 3.41. The second kappa shape index (κ2) is 5.25. The van der Waals surface area contributed by atoms with E-state index in [-0.39, 0.29) is 10.9 Å². The third-order valence-corrected chi connectivity index (χ3v) is 3.41. The van der Waals surface area contributed by atoms with Crippen LogP contribution in [0.5, 0.6) is 0 Å². The Morgan fingerprint density at radius 1 is 1.26 bits per heavy atom. The van der Waals surface area contributed by atoms with Gasteiger partial charge in [0, 0.05) is 12.5 Å². The van der Waals surface area contributed by atoms with E-state index in [1.54, 1.807) is 0 Å². The second-order valence-electron chi connectivity index (χ2n) is 5.67. The molecule has 0 fully saturated rings. The molecule has 0 bridgehead atoms. The highest BCUT2D eigenvalue weighted by Gasteiger charge is 2.18. The van der Waals surface area contributed by atoms with Crippen LogP contribution in [0.15, 0.2) is 12.1 Å². The zero-order valence-corrected chi connectivity index (χ0v) is 11.3. The molecule has 104 valence electrons. The fourth-order valence-electron chi connectivity index (χ4n) is 2.18. The number of imidazole rings is 1. The van der Waals surface area contributed by atoms with Crippen LogP contribution in [0.2, 0.25) is 0 Å². The molecule has 0 spiro atoms. The zero-order chi connectivity index (χ0) is 14.0. The first-order valence-electron chi connectivity index (χ1n) is 6.45. The number of nitrogens with zero attached hydrogens (tertiary/aromatic N) is 1. The Bertz CT molecular complexity index is 575.